The van der Waals surface area contributed by atoms with E-state index in [0.717, 1.165) is 32.5 Å². The maximum Gasteiger partial charge on any atom is 0.0695 e. The summed E-state index contributed by atoms with van der Waals surface area (Å²) < 4.78 is 0. The van der Waals surface area contributed by atoms with Crippen LogP contribution in [-0.4, -0.2) is 15.1 Å². The highest BCUT2D eigenvalue weighted by molar-refractivity contribution is 7.71. The third-order valence-corrected chi connectivity index (χ3v) is 13.2. The molecular formula is C32H40N2P2. The van der Waals surface area contributed by atoms with Crippen molar-refractivity contribution in [1.82, 2.24) is 9.97 Å². The van der Waals surface area contributed by atoms with Gasteiger partial charge in [-0.15, -0.1) is 8.58 Å². The standard InChI is InChI=1S/C32H40N2P2/c1-31(2,3)35-30(32-19-23-16-24(20-32)18-25(17-23)21-32)27-11-5-4-10-26(27)22-36(28-12-6-8-14-33-28)29-13-7-9-15-34-29/h4-15,23-25,30,35H,16-22H2,1-3H3. The third kappa shape index (κ3) is 5.06. The fourth-order valence-electron chi connectivity index (χ4n) is 7.96. The van der Waals surface area contributed by atoms with Crippen LogP contribution in [0.4, 0.5) is 0 Å². The van der Waals surface area contributed by atoms with E-state index in [2.05, 4.69) is 69.3 Å². The third-order valence-electron chi connectivity index (χ3n) is 8.82. The van der Waals surface area contributed by atoms with E-state index in [0.29, 0.717) is 16.2 Å². The van der Waals surface area contributed by atoms with E-state index in [1.165, 1.54) is 55.0 Å². The SMILES string of the molecule is CC(C)(C)PC(c1ccccc1CP(c1ccccn1)c1ccccn1)C12CC3CC(CC(C3)C1)C2. The summed E-state index contributed by atoms with van der Waals surface area (Å²) in [6.07, 6.45) is 13.8. The Morgan fingerprint density at radius 2 is 1.33 bits per heavy atom. The van der Waals surface area contributed by atoms with Crippen LogP contribution in [0.3, 0.4) is 0 Å². The Hall–Kier alpha value is -1.62. The normalized spacial score (nSPS) is 28.3. The van der Waals surface area contributed by atoms with Crippen molar-refractivity contribution in [2.75, 3.05) is 0 Å². The predicted molar refractivity (Wildman–Crippen MR) is 156 cm³/mol. The van der Waals surface area contributed by atoms with E-state index < -0.39 is 7.92 Å². The molecule has 2 heterocycles. The lowest BCUT2D eigenvalue weighted by Gasteiger charge is -2.60. The molecule has 4 bridgehead atoms. The lowest BCUT2D eigenvalue weighted by Crippen LogP contribution is -2.48. The van der Waals surface area contributed by atoms with E-state index in [1.54, 1.807) is 5.56 Å². The molecule has 0 radical (unpaired) electrons. The van der Waals surface area contributed by atoms with Crippen LogP contribution in [0, 0.1) is 23.2 Å². The molecule has 2 nitrogen and oxygen atoms in total. The molecule has 4 heteroatoms. The second-order valence-corrected chi connectivity index (χ2v) is 17.2. The van der Waals surface area contributed by atoms with Gasteiger partial charge in [-0.25, -0.2) is 0 Å². The maximum absolute atomic E-state index is 4.83. The molecule has 188 valence electrons. The minimum atomic E-state index is -0.654. The van der Waals surface area contributed by atoms with Crippen molar-refractivity contribution in [3.05, 3.63) is 84.2 Å². The molecule has 4 fully saturated rings. The fraction of sp³-hybridized carbons (Fsp3) is 0.500. The Balaban J connectivity index is 1.41. The first-order chi connectivity index (χ1) is 17.4. The van der Waals surface area contributed by atoms with Gasteiger partial charge in [-0.1, -0.05) is 57.2 Å². The summed E-state index contributed by atoms with van der Waals surface area (Å²) in [5, 5.41) is 0.341. The summed E-state index contributed by atoms with van der Waals surface area (Å²) in [6.45, 7) is 7.41. The minimum absolute atomic E-state index is 0.341. The van der Waals surface area contributed by atoms with E-state index in [1.807, 2.05) is 24.5 Å². The van der Waals surface area contributed by atoms with E-state index in [4.69, 9.17) is 9.97 Å². The molecule has 0 saturated heterocycles. The van der Waals surface area contributed by atoms with Crippen molar-refractivity contribution in [3.8, 4) is 0 Å². The van der Waals surface area contributed by atoms with Gasteiger partial charge in [0, 0.05) is 32.1 Å². The Bertz CT molecular complexity index is 1100. The van der Waals surface area contributed by atoms with Crippen LogP contribution < -0.4 is 10.9 Å². The number of aromatic nitrogens is 2. The van der Waals surface area contributed by atoms with Crippen LogP contribution in [0.15, 0.2) is 73.1 Å². The van der Waals surface area contributed by atoms with Gasteiger partial charge >= 0.3 is 0 Å². The second-order valence-electron chi connectivity index (χ2n) is 12.8. The first kappa shape index (κ1) is 24.7. The smallest absolute Gasteiger partial charge is 0.0695 e. The molecule has 0 amide bonds. The molecule has 7 rings (SSSR count). The molecule has 0 N–H and O–H groups in total. The van der Waals surface area contributed by atoms with Gasteiger partial charge in [0.25, 0.3) is 0 Å². The quantitative estimate of drug-likeness (QED) is 0.300. The molecule has 2 aromatic heterocycles. The van der Waals surface area contributed by atoms with Gasteiger partial charge < -0.3 is 0 Å². The fourth-order valence-corrected chi connectivity index (χ4v) is 12.1. The van der Waals surface area contributed by atoms with Gasteiger partial charge in [0.2, 0.25) is 0 Å². The van der Waals surface area contributed by atoms with Gasteiger partial charge in [-0.3, -0.25) is 9.97 Å². The molecule has 0 spiro atoms. The minimum Gasteiger partial charge on any atom is -0.256 e. The monoisotopic (exact) mass is 514 g/mol. The maximum atomic E-state index is 4.83. The van der Waals surface area contributed by atoms with Crippen LogP contribution in [0.25, 0.3) is 0 Å². The molecule has 1 aromatic carbocycles. The number of hydrogen-bond acceptors (Lipinski definition) is 2. The summed E-state index contributed by atoms with van der Waals surface area (Å²) in [5.74, 6) is 2.94. The first-order valence-corrected chi connectivity index (χ1v) is 16.4. The summed E-state index contributed by atoms with van der Waals surface area (Å²) in [4.78, 5) is 9.66. The van der Waals surface area contributed by atoms with Gasteiger partial charge in [-0.2, -0.15) is 0 Å². The highest BCUT2D eigenvalue weighted by atomic mass is 31.1. The molecule has 4 aliphatic rings. The van der Waals surface area contributed by atoms with Gasteiger partial charge in [0.1, 0.15) is 0 Å². The topological polar surface area (TPSA) is 25.8 Å². The zero-order chi connectivity index (χ0) is 24.8. The van der Waals surface area contributed by atoms with Gasteiger partial charge in [0.15, 0.2) is 0 Å². The second kappa shape index (κ2) is 9.93. The van der Waals surface area contributed by atoms with E-state index in [-0.39, 0.29) is 0 Å². The summed E-state index contributed by atoms with van der Waals surface area (Å²) in [6, 6.07) is 22.2. The Kier molecular flexibility index (Phi) is 6.81. The Morgan fingerprint density at radius 1 is 0.806 bits per heavy atom. The lowest BCUT2D eigenvalue weighted by atomic mass is 9.48. The van der Waals surface area contributed by atoms with Crippen molar-refractivity contribution >= 4 is 27.4 Å². The van der Waals surface area contributed by atoms with Crippen molar-refractivity contribution in [2.45, 2.75) is 76.3 Å². The largest absolute Gasteiger partial charge is 0.256 e. The van der Waals surface area contributed by atoms with Crippen LogP contribution in [0.2, 0.25) is 0 Å². The molecule has 4 saturated carbocycles. The summed E-state index contributed by atoms with van der Waals surface area (Å²) in [5.41, 5.74) is 6.74. The molecular weight excluding hydrogens is 474 g/mol. The summed E-state index contributed by atoms with van der Waals surface area (Å²) >= 11 is 0. The zero-order valence-electron chi connectivity index (χ0n) is 22.0. The number of pyridine rings is 2. The average molecular weight is 515 g/mol. The predicted octanol–water partition coefficient (Wildman–Crippen LogP) is 7.84. The van der Waals surface area contributed by atoms with E-state index >= 15 is 0 Å². The highest BCUT2D eigenvalue weighted by Crippen LogP contribution is 2.69. The number of rotatable bonds is 7. The zero-order valence-corrected chi connectivity index (χ0v) is 23.9. The van der Waals surface area contributed by atoms with Crippen molar-refractivity contribution in [2.24, 2.45) is 23.2 Å². The first-order valence-electron chi connectivity index (χ1n) is 13.8. The summed E-state index contributed by atoms with van der Waals surface area (Å²) in [7, 11) is 0.301. The molecule has 2 unspecified atom stereocenters. The molecule has 3 aromatic rings. The van der Waals surface area contributed by atoms with Crippen molar-refractivity contribution in [3.63, 3.8) is 0 Å². The molecule has 2 atom stereocenters. The van der Waals surface area contributed by atoms with Crippen molar-refractivity contribution < 1.29 is 0 Å². The van der Waals surface area contributed by atoms with Crippen LogP contribution in [-0.2, 0) is 6.16 Å². The Morgan fingerprint density at radius 3 is 1.83 bits per heavy atom. The number of hydrogen-bond donors (Lipinski definition) is 0. The van der Waals surface area contributed by atoms with E-state index in [9.17, 15) is 0 Å². The van der Waals surface area contributed by atoms with Crippen molar-refractivity contribution in [1.29, 1.82) is 0 Å². The Labute approximate surface area is 220 Å². The van der Waals surface area contributed by atoms with Crippen LogP contribution in [0.1, 0.15) is 76.1 Å². The molecule has 36 heavy (non-hydrogen) atoms. The van der Waals surface area contributed by atoms with Gasteiger partial charge in [0.05, 0.1) is 10.9 Å². The highest BCUT2D eigenvalue weighted by Gasteiger charge is 2.55. The van der Waals surface area contributed by atoms with Crippen LogP contribution in [0.5, 0.6) is 0 Å². The number of nitrogens with zero attached hydrogens (tertiary/aromatic N) is 2. The lowest BCUT2D eigenvalue weighted by molar-refractivity contribution is -0.0548. The molecule has 4 aliphatic carbocycles. The molecule has 0 aliphatic heterocycles. The average Bonchev–Trinajstić information content (AvgIpc) is 2.86. The van der Waals surface area contributed by atoms with Gasteiger partial charge in [-0.05, 0) is 102 Å². The number of benzene rings is 1. The van der Waals surface area contributed by atoms with Crippen LogP contribution >= 0.6 is 16.5 Å².